The van der Waals surface area contributed by atoms with Crippen LogP contribution in [0.4, 0.5) is 0 Å². The molecule has 0 amide bonds. The molecule has 0 bridgehead atoms. The Labute approximate surface area is 117 Å². The smallest absolute Gasteiger partial charge is 0.0967 e. The summed E-state index contributed by atoms with van der Waals surface area (Å²) in [7, 11) is 0. The van der Waals surface area contributed by atoms with Crippen LogP contribution in [0.3, 0.4) is 0 Å². The zero-order chi connectivity index (χ0) is 13.5. The van der Waals surface area contributed by atoms with Gasteiger partial charge in [-0.25, -0.2) is 4.98 Å². The van der Waals surface area contributed by atoms with E-state index in [9.17, 15) is 5.11 Å². The number of hydrogen-bond acceptors (Lipinski definition) is 4. The minimum absolute atomic E-state index is 0.114. The number of fused-ring (bicyclic) bond motifs is 1. The number of aliphatic hydroxyl groups is 1. The first-order chi connectivity index (χ1) is 9.04. The molecule has 0 saturated carbocycles. The number of rotatable bonds is 2. The lowest BCUT2D eigenvalue weighted by Crippen LogP contribution is -2.44. The first-order valence-corrected chi connectivity index (χ1v) is 7.58. The molecule has 1 aromatic carbocycles. The summed E-state index contributed by atoms with van der Waals surface area (Å²) in [6.45, 7) is 4.05. The molecule has 1 saturated heterocycles. The van der Waals surface area contributed by atoms with Gasteiger partial charge in [0, 0.05) is 19.3 Å². The number of hydrogen-bond donors (Lipinski definition) is 1. The Morgan fingerprint density at radius 2 is 2.00 bits per heavy atom. The molecule has 0 spiro atoms. The topological polar surface area (TPSA) is 42.4 Å². The molecule has 2 unspecified atom stereocenters. The quantitative estimate of drug-likeness (QED) is 0.917. The van der Waals surface area contributed by atoms with E-state index >= 15 is 0 Å². The molecule has 1 aliphatic heterocycles. The van der Waals surface area contributed by atoms with Crippen LogP contribution in [0.5, 0.6) is 0 Å². The normalized spacial score (nSPS) is 31.7. The molecule has 1 N–H and O–H groups in total. The average Bonchev–Trinajstić information content (AvgIpc) is 2.67. The molecule has 0 radical (unpaired) electrons. The Balaban J connectivity index is 1.83. The monoisotopic (exact) mass is 277 g/mol. The van der Waals surface area contributed by atoms with E-state index in [4.69, 9.17) is 4.74 Å². The highest BCUT2D eigenvalue weighted by Crippen LogP contribution is 2.33. The second kappa shape index (κ2) is 4.85. The molecule has 1 aromatic heterocycles. The maximum absolute atomic E-state index is 10.8. The maximum atomic E-state index is 10.8. The summed E-state index contributed by atoms with van der Waals surface area (Å²) >= 11 is 1.68. The Kier molecular flexibility index (Phi) is 3.33. The van der Waals surface area contributed by atoms with Gasteiger partial charge in [0.25, 0.3) is 0 Å². The number of aromatic nitrogens is 1. The summed E-state index contributed by atoms with van der Waals surface area (Å²) < 4.78 is 6.89. The van der Waals surface area contributed by atoms with Crippen molar-refractivity contribution < 1.29 is 9.84 Å². The van der Waals surface area contributed by atoms with Crippen LogP contribution in [-0.4, -0.2) is 27.9 Å². The van der Waals surface area contributed by atoms with E-state index in [-0.39, 0.29) is 12.2 Å². The fourth-order valence-corrected chi connectivity index (χ4v) is 4.17. The van der Waals surface area contributed by atoms with Crippen molar-refractivity contribution in [2.45, 2.75) is 50.9 Å². The standard InChI is InChI=1S/C15H19NO2S/c1-10-7-15(17,8-11(2)18-10)9-14-16-12-5-3-4-6-13(12)19-14/h3-6,10-11,17H,7-9H2,1-2H3. The summed E-state index contributed by atoms with van der Waals surface area (Å²) in [4.78, 5) is 4.62. The second-order valence-electron chi connectivity index (χ2n) is 5.64. The van der Waals surface area contributed by atoms with Gasteiger partial charge in [-0.15, -0.1) is 11.3 Å². The highest BCUT2D eigenvalue weighted by atomic mass is 32.1. The van der Waals surface area contributed by atoms with Crippen LogP contribution in [-0.2, 0) is 11.2 Å². The van der Waals surface area contributed by atoms with Gasteiger partial charge in [0.15, 0.2) is 0 Å². The lowest BCUT2D eigenvalue weighted by Gasteiger charge is -2.38. The minimum Gasteiger partial charge on any atom is -0.389 e. The largest absolute Gasteiger partial charge is 0.389 e. The van der Waals surface area contributed by atoms with Gasteiger partial charge >= 0.3 is 0 Å². The fourth-order valence-electron chi connectivity index (χ4n) is 3.07. The summed E-state index contributed by atoms with van der Waals surface area (Å²) in [6.07, 6.45) is 2.23. The van der Waals surface area contributed by atoms with Gasteiger partial charge in [0.1, 0.15) is 0 Å². The lowest BCUT2D eigenvalue weighted by molar-refractivity contribution is -0.130. The van der Waals surface area contributed by atoms with Crippen molar-refractivity contribution in [1.29, 1.82) is 0 Å². The fraction of sp³-hybridized carbons (Fsp3) is 0.533. The Hall–Kier alpha value is -0.970. The predicted molar refractivity (Wildman–Crippen MR) is 77.5 cm³/mol. The van der Waals surface area contributed by atoms with Crippen LogP contribution < -0.4 is 0 Å². The van der Waals surface area contributed by atoms with E-state index in [1.54, 1.807) is 11.3 Å². The first-order valence-electron chi connectivity index (χ1n) is 6.76. The molecule has 102 valence electrons. The lowest BCUT2D eigenvalue weighted by atomic mass is 9.85. The molecule has 3 rings (SSSR count). The van der Waals surface area contributed by atoms with E-state index in [2.05, 4.69) is 11.1 Å². The molecular formula is C15H19NO2S. The van der Waals surface area contributed by atoms with Crippen LogP contribution >= 0.6 is 11.3 Å². The zero-order valence-corrected chi connectivity index (χ0v) is 12.1. The third-order valence-corrected chi connectivity index (χ3v) is 4.65. The molecule has 0 aliphatic carbocycles. The van der Waals surface area contributed by atoms with E-state index in [0.29, 0.717) is 19.3 Å². The molecule has 1 aliphatic rings. The van der Waals surface area contributed by atoms with Crippen LogP contribution in [0, 0.1) is 0 Å². The van der Waals surface area contributed by atoms with E-state index in [1.165, 1.54) is 4.70 Å². The summed E-state index contributed by atoms with van der Waals surface area (Å²) in [5, 5.41) is 11.8. The van der Waals surface area contributed by atoms with Crippen molar-refractivity contribution in [3.05, 3.63) is 29.3 Å². The van der Waals surface area contributed by atoms with Gasteiger partial charge in [0.2, 0.25) is 0 Å². The first kappa shape index (κ1) is 13.0. The third kappa shape index (κ3) is 2.81. The SMILES string of the molecule is CC1CC(O)(Cc2nc3ccccc3s2)CC(C)O1. The second-order valence-corrected chi connectivity index (χ2v) is 6.76. The van der Waals surface area contributed by atoms with E-state index in [0.717, 1.165) is 10.5 Å². The van der Waals surface area contributed by atoms with Gasteiger partial charge < -0.3 is 9.84 Å². The molecule has 3 nitrogen and oxygen atoms in total. The summed E-state index contributed by atoms with van der Waals surface area (Å²) in [6, 6.07) is 8.13. The predicted octanol–water partition coefficient (Wildman–Crippen LogP) is 3.16. The maximum Gasteiger partial charge on any atom is 0.0967 e. The number of para-hydroxylation sites is 1. The van der Waals surface area contributed by atoms with Crippen LogP contribution in [0.25, 0.3) is 10.2 Å². The van der Waals surface area contributed by atoms with Crippen LogP contribution in [0.15, 0.2) is 24.3 Å². The summed E-state index contributed by atoms with van der Waals surface area (Å²) in [5.74, 6) is 0. The van der Waals surface area contributed by atoms with Crippen molar-refractivity contribution in [3.63, 3.8) is 0 Å². The van der Waals surface area contributed by atoms with Crippen molar-refractivity contribution in [1.82, 2.24) is 4.98 Å². The molecule has 2 atom stereocenters. The molecule has 2 aromatic rings. The van der Waals surface area contributed by atoms with Crippen molar-refractivity contribution >= 4 is 21.6 Å². The minimum atomic E-state index is -0.676. The molecular weight excluding hydrogens is 258 g/mol. The van der Waals surface area contributed by atoms with Crippen LogP contribution in [0.2, 0.25) is 0 Å². The van der Waals surface area contributed by atoms with Crippen molar-refractivity contribution in [2.24, 2.45) is 0 Å². The highest BCUT2D eigenvalue weighted by molar-refractivity contribution is 7.18. The Morgan fingerprint density at radius 3 is 2.68 bits per heavy atom. The van der Waals surface area contributed by atoms with E-state index in [1.807, 2.05) is 32.0 Å². The highest BCUT2D eigenvalue weighted by Gasteiger charge is 2.37. The van der Waals surface area contributed by atoms with Gasteiger partial charge in [-0.2, -0.15) is 0 Å². The van der Waals surface area contributed by atoms with E-state index < -0.39 is 5.60 Å². The number of nitrogens with zero attached hydrogens (tertiary/aromatic N) is 1. The Bertz CT molecular complexity index is 537. The Morgan fingerprint density at radius 1 is 1.32 bits per heavy atom. The van der Waals surface area contributed by atoms with Gasteiger partial charge in [-0.3, -0.25) is 0 Å². The van der Waals surface area contributed by atoms with Crippen LogP contribution in [0.1, 0.15) is 31.7 Å². The zero-order valence-electron chi connectivity index (χ0n) is 11.3. The van der Waals surface area contributed by atoms with Crippen molar-refractivity contribution in [3.8, 4) is 0 Å². The van der Waals surface area contributed by atoms with Crippen molar-refractivity contribution in [2.75, 3.05) is 0 Å². The number of benzene rings is 1. The number of thiazole rings is 1. The van der Waals surface area contributed by atoms with Gasteiger partial charge in [-0.1, -0.05) is 12.1 Å². The third-order valence-electron chi connectivity index (χ3n) is 3.62. The van der Waals surface area contributed by atoms with Gasteiger partial charge in [-0.05, 0) is 26.0 Å². The molecule has 4 heteroatoms. The average molecular weight is 277 g/mol. The molecule has 2 heterocycles. The molecule has 1 fully saturated rings. The molecule has 19 heavy (non-hydrogen) atoms. The van der Waals surface area contributed by atoms with Gasteiger partial charge in [0.05, 0.1) is 33.0 Å². The summed E-state index contributed by atoms with van der Waals surface area (Å²) in [5.41, 5.74) is 0.351. The number of ether oxygens (including phenoxy) is 1.